The molecule has 1 aromatic rings. The smallest absolute Gasteiger partial charge is 0.340 e. The highest BCUT2D eigenvalue weighted by Gasteiger charge is 2.68. The van der Waals surface area contributed by atoms with E-state index < -0.39 is 17.5 Å². The van der Waals surface area contributed by atoms with E-state index in [4.69, 9.17) is 7.48 Å². The molecule has 0 N–H and O–H groups in total. The first-order valence-corrected chi connectivity index (χ1v) is 7.54. The molecule has 0 bridgehead atoms. The van der Waals surface area contributed by atoms with Crippen LogP contribution in [0.15, 0.2) is 24.3 Å². The van der Waals surface area contributed by atoms with Gasteiger partial charge in [-0.05, 0) is 40.2 Å². The second-order valence-electron chi connectivity index (χ2n) is 6.83. The molecule has 3 rings (SSSR count). The molecule has 0 aromatic heterocycles. The summed E-state index contributed by atoms with van der Waals surface area (Å²) in [6.07, 6.45) is -1.47. The number of hydrogen-bond acceptors (Lipinski definition) is 1. The fourth-order valence-electron chi connectivity index (χ4n) is 3.74. The Labute approximate surface area is 125 Å². The molecule has 0 saturated heterocycles. The van der Waals surface area contributed by atoms with E-state index in [-0.39, 0.29) is 12.0 Å². The van der Waals surface area contributed by atoms with Gasteiger partial charge in [-0.2, -0.15) is 4.58 Å². The lowest BCUT2D eigenvalue weighted by Crippen LogP contribution is -2.51. The third-order valence-electron chi connectivity index (χ3n) is 4.79. The monoisotopic (exact) mass is 274 g/mol. The van der Waals surface area contributed by atoms with Gasteiger partial charge in [0, 0.05) is 21.6 Å². The molecule has 0 amide bonds. The van der Waals surface area contributed by atoms with Crippen molar-refractivity contribution in [3.05, 3.63) is 35.4 Å². The van der Waals surface area contributed by atoms with Crippen LogP contribution in [0.25, 0.3) is 0 Å². The zero-order chi connectivity index (χ0) is 16.5. The number of ether oxygens (including phenoxy) is 1. The maximum atomic E-state index is 8.90. The Morgan fingerprint density at radius 1 is 1.20 bits per heavy atom. The highest BCUT2D eigenvalue weighted by atomic mass is 16.5. The van der Waals surface area contributed by atoms with Gasteiger partial charge in [0.25, 0.3) is 0 Å². The van der Waals surface area contributed by atoms with Crippen molar-refractivity contribution in [3.63, 3.8) is 0 Å². The van der Waals surface area contributed by atoms with Gasteiger partial charge in [0.05, 0.1) is 5.92 Å². The highest BCUT2D eigenvalue weighted by Crippen LogP contribution is 2.52. The molecular weight excluding hydrogens is 246 g/mol. The van der Waals surface area contributed by atoms with Crippen molar-refractivity contribution >= 4 is 5.90 Å². The largest absolute Gasteiger partial charge is 0.429 e. The molecule has 108 valence electrons. The van der Waals surface area contributed by atoms with Crippen LogP contribution in [0.2, 0.25) is 0 Å². The summed E-state index contributed by atoms with van der Waals surface area (Å²) in [4.78, 5) is 0. The zero-order valence-corrected chi connectivity index (χ0v) is 13.3. The zero-order valence-electron chi connectivity index (χ0n) is 15.3. The van der Waals surface area contributed by atoms with E-state index in [1.165, 1.54) is 0 Å². The molecule has 1 aliphatic carbocycles. The van der Waals surface area contributed by atoms with Gasteiger partial charge < -0.3 is 4.74 Å². The number of hydrogen-bond donors (Lipinski definition) is 0. The van der Waals surface area contributed by atoms with Gasteiger partial charge in [0.2, 0.25) is 11.1 Å². The first-order valence-electron chi connectivity index (χ1n) is 8.54. The summed E-state index contributed by atoms with van der Waals surface area (Å²) in [6.45, 7) is 12.5. The Kier molecular flexibility index (Phi) is 2.33. The summed E-state index contributed by atoms with van der Waals surface area (Å²) < 4.78 is 26.5. The minimum absolute atomic E-state index is 0.175. The highest BCUT2D eigenvalue weighted by molar-refractivity contribution is 5.76. The number of rotatable bonds is 2. The Balaban J connectivity index is 2.35. The minimum Gasteiger partial charge on any atom is -0.429 e. The van der Waals surface area contributed by atoms with Crippen LogP contribution < -0.4 is 0 Å². The van der Waals surface area contributed by atoms with E-state index in [1.54, 1.807) is 0 Å². The number of benzene rings is 1. The maximum absolute atomic E-state index is 8.90. The summed E-state index contributed by atoms with van der Waals surface area (Å²) in [6, 6.07) is 7.98. The van der Waals surface area contributed by atoms with E-state index >= 15 is 0 Å². The topological polar surface area (TPSA) is 12.2 Å². The summed E-state index contributed by atoms with van der Waals surface area (Å²) in [5.41, 5.74) is 0.311. The van der Waals surface area contributed by atoms with E-state index in [1.807, 2.05) is 38.1 Å². The lowest BCUT2D eigenvalue weighted by Gasteiger charge is -2.30. The molecular formula is C18H26NO+. The molecule has 20 heavy (non-hydrogen) atoms. The van der Waals surface area contributed by atoms with Crippen LogP contribution in [0, 0.1) is 5.92 Å². The van der Waals surface area contributed by atoms with Crippen molar-refractivity contribution in [2.24, 2.45) is 5.92 Å². The van der Waals surface area contributed by atoms with E-state index in [9.17, 15) is 0 Å². The average Bonchev–Trinajstić information content (AvgIpc) is 2.76. The second kappa shape index (κ2) is 4.09. The molecule has 1 aliphatic heterocycles. The van der Waals surface area contributed by atoms with Gasteiger partial charge in [-0.3, -0.25) is 0 Å². The third-order valence-corrected chi connectivity index (χ3v) is 4.79. The normalized spacial score (nSPS) is 35.8. The predicted octanol–water partition coefficient (Wildman–Crippen LogP) is 3.72. The van der Waals surface area contributed by atoms with Gasteiger partial charge >= 0.3 is 5.90 Å². The molecule has 0 unspecified atom stereocenters. The molecule has 2 nitrogen and oxygen atoms in total. The van der Waals surface area contributed by atoms with Crippen molar-refractivity contribution in [1.29, 1.82) is 0 Å². The van der Waals surface area contributed by atoms with Crippen molar-refractivity contribution in [2.45, 2.75) is 65.1 Å². The Morgan fingerprint density at radius 2 is 1.85 bits per heavy atom. The Bertz CT molecular complexity index is 665. The van der Waals surface area contributed by atoms with Crippen LogP contribution in [0.4, 0.5) is 0 Å². The van der Waals surface area contributed by atoms with Crippen LogP contribution in [0.1, 0.15) is 55.4 Å². The Morgan fingerprint density at radius 3 is 2.45 bits per heavy atom. The van der Waals surface area contributed by atoms with Crippen molar-refractivity contribution in [2.75, 3.05) is 0 Å². The summed E-state index contributed by atoms with van der Waals surface area (Å²) in [7, 11) is 0. The number of fused-ring (bicyclic) bond motifs is 3. The molecule has 2 aliphatic rings. The van der Waals surface area contributed by atoms with Gasteiger partial charge in [-0.25, -0.2) is 0 Å². The first-order chi connectivity index (χ1) is 10.1. The van der Waals surface area contributed by atoms with Gasteiger partial charge in [-0.15, -0.1) is 0 Å². The molecule has 1 aromatic carbocycles. The lowest BCUT2D eigenvalue weighted by molar-refractivity contribution is -0.631. The van der Waals surface area contributed by atoms with Crippen LogP contribution in [-0.4, -0.2) is 22.1 Å². The summed E-state index contributed by atoms with van der Waals surface area (Å²) in [5.74, 6) is 1.13. The maximum Gasteiger partial charge on any atom is 0.340 e. The molecule has 0 saturated carbocycles. The fourth-order valence-corrected chi connectivity index (χ4v) is 3.74. The third kappa shape index (κ3) is 1.48. The fraction of sp³-hybridized carbons (Fsp3) is 0.611. The molecule has 0 spiro atoms. The van der Waals surface area contributed by atoms with Gasteiger partial charge in [0.1, 0.15) is 0 Å². The Hall–Kier alpha value is -1.31. The van der Waals surface area contributed by atoms with Crippen molar-refractivity contribution < 1.29 is 12.1 Å². The molecule has 0 radical (unpaired) electrons. The van der Waals surface area contributed by atoms with Crippen LogP contribution >= 0.6 is 0 Å². The second-order valence-corrected chi connectivity index (χ2v) is 6.83. The lowest BCUT2D eigenvalue weighted by atomic mass is 9.82. The van der Waals surface area contributed by atoms with Crippen LogP contribution in [0.5, 0.6) is 0 Å². The quantitative estimate of drug-likeness (QED) is 0.749. The SMILES string of the molecule is [2H]C1([2H])c2ccccc2[C@]2(C)OC(C(C)C)=[N+](C(C)C)[C@]12C. The number of nitrogens with zero attached hydrogens (tertiary/aromatic N) is 1. The predicted molar refractivity (Wildman–Crippen MR) is 82.2 cm³/mol. The molecule has 2 atom stereocenters. The first kappa shape index (κ1) is 11.4. The average molecular weight is 274 g/mol. The molecule has 1 heterocycles. The van der Waals surface area contributed by atoms with Crippen LogP contribution in [0.3, 0.4) is 0 Å². The van der Waals surface area contributed by atoms with E-state index in [0.29, 0.717) is 0 Å². The van der Waals surface area contributed by atoms with E-state index in [2.05, 4.69) is 32.3 Å². The van der Waals surface area contributed by atoms with E-state index in [0.717, 1.165) is 17.0 Å². The van der Waals surface area contributed by atoms with Gasteiger partial charge in [-0.1, -0.05) is 24.3 Å². The molecule has 2 heteroatoms. The van der Waals surface area contributed by atoms with Crippen molar-refractivity contribution in [1.82, 2.24) is 0 Å². The van der Waals surface area contributed by atoms with Crippen LogP contribution in [-0.2, 0) is 16.7 Å². The summed E-state index contributed by atoms with van der Waals surface area (Å²) >= 11 is 0. The molecule has 0 fully saturated rings. The summed E-state index contributed by atoms with van der Waals surface area (Å²) in [5, 5.41) is 0. The minimum atomic E-state index is -1.47. The standard InChI is InChI=1S/C18H26NO/c1-12(2)16-19(13(3)4)17(5)11-14-9-7-8-10-15(14)18(17,6)20-16/h7-10,12-13H,11H2,1-6H3/q+1/t17-,18+/m1/s1/i11D2. The van der Waals surface area contributed by atoms with Gasteiger partial charge in [0.15, 0.2) is 6.04 Å². The van der Waals surface area contributed by atoms with Crippen molar-refractivity contribution in [3.8, 4) is 0 Å².